The number of aryl methyl sites for hydroxylation is 1. The molecule has 0 amide bonds. The van der Waals surface area contributed by atoms with Crippen LogP contribution in [0, 0.1) is 12.7 Å². The Balaban J connectivity index is 2.36. The number of hydrogen-bond acceptors (Lipinski definition) is 2. The predicted molar refractivity (Wildman–Crippen MR) is 79.3 cm³/mol. The summed E-state index contributed by atoms with van der Waals surface area (Å²) in [6.45, 7) is 2.23. The number of aliphatic hydroxyl groups is 1. The molecule has 2 nitrogen and oxygen atoms in total. The molecule has 0 heterocycles. The van der Waals surface area contributed by atoms with Gasteiger partial charge in [-0.05, 0) is 18.6 Å². The molecule has 0 saturated carbocycles. The van der Waals surface area contributed by atoms with Gasteiger partial charge in [-0.25, -0.2) is 4.39 Å². The molecule has 0 aliphatic heterocycles. The molecule has 0 saturated heterocycles. The lowest BCUT2D eigenvalue weighted by molar-refractivity contribution is 0.147. The van der Waals surface area contributed by atoms with Gasteiger partial charge in [0.05, 0.1) is 11.1 Å². The molecule has 20 heavy (non-hydrogen) atoms. The van der Waals surface area contributed by atoms with Crippen molar-refractivity contribution in [2.45, 2.75) is 18.9 Å². The Hall–Kier alpha value is -1.42. The highest BCUT2D eigenvalue weighted by Gasteiger charge is 2.24. The van der Waals surface area contributed by atoms with Crippen molar-refractivity contribution in [2.75, 3.05) is 6.54 Å². The first-order chi connectivity index (χ1) is 9.54. The van der Waals surface area contributed by atoms with Crippen LogP contribution in [0.3, 0.4) is 0 Å². The molecule has 2 atom stereocenters. The molecule has 3 N–H and O–H groups in total. The van der Waals surface area contributed by atoms with E-state index in [1.165, 1.54) is 12.1 Å². The van der Waals surface area contributed by atoms with E-state index in [2.05, 4.69) is 0 Å². The van der Waals surface area contributed by atoms with Crippen molar-refractivity contribution in [1.29, 1.82) is 0 Å². The molecule has 0 spiro atoms. The van der Waals surface area contributed by atoms with Crippen molar-refractivity contribution in [1.82, 2.24) is 0 Å². The van der Waals surface area contributed by atoms with Crippen LogP contribution in [0.1, 0.15) is 28.7 Å². The van der Waals surface area contributed by atoms with Gasteiger partial charge in [-0.3, -0.25) is 0 Å². The van der Waals surface area contributed by atoms with E-state index in [9.17, 15) is 9.50 Å². The summed E-state index contributed by atoms with van der Waals surface area (Å²) in [6.07, 6.45) is -0.939. The van der Waals surface area contributed by atoms with Crippen molar-refractivity contribution in [3.05, 3.63) is 70.0 Å². The van der Waals surface area contributed by atoms with Gasteiger partial charge in [-0.2, -0.15) is 0 Å². The summed E-state index contributed by atoms with van der Waals surface area (Å²) in [7, 11) is 0. The summed E-state index contributed by atoms with van der Waals surface area (Å²) < 4.78 is 13.5. The Kier molecular flexibility index (Phi) is 4.76. The molecule has 2 rings (SSSR count). The second-order valence-corrected chi connectivity index (χ2v) is 5.22. The zero-order valence-corrected chi connectivity index (χ0v) is 11.9. The van der Waals surface area contributed by atoms with Gasteiger partial charge in [0.2, 0.25) is 0 Å². The standard InChI is InChI=1S/C16H17ClFNO/c1-10-5-7-11(8-6-10)13(9-19)16(20)12-3-2-4-14(18)15(12)17/h2-8,13,16,20H,9,19H2,1H3. The molecule has 0 aliphatic rings. The fourth-order valence-corrected chi connectivity index (χ4v) is 2.46. The smallest absolute Gasteiger partial charge is 0.142 e. The largest absolute Gasteiger partial charge is 0.388 e. The zero-order chi connectivity index (χ0) is 14.7. The molecule has 0 aliphatic carbocycles. The lowest BCUT2D eigenvalue weighted by atomic mass is 9.89. The maximum atomic E-state index is 13.5. The van der Waals surface area contributed by atoms with Gasteiger partial charge in [-0.1, -0.05) is 53.6 Å². The van der Waals surface area contributed by atoms with Crippen molar-refractivity contribution < 1.29 is 9.50 Å². The molecule has 106 valence electrons. The maximum Gasteiger partial charge on any atom is 0.142 e. The van der Waals surface area contributed by atoms with Crippen LogP contribution in [0.15, 0.2) is 42.5 Å². The summed E-state index contributed by atoms with van der Waals surface area (Å²) in [5, 5.41) is 10.4. The number of nitrogens with two attached hydrogens (primary N) is 1. The number of aliphatic hydroxyl groups excluding tert-OH is 1. The molecule has 2 unspecified atom stereocenters. The van der Waals surface area contributed by atoms with Crippen LogP contribution >= 0.6 is 11.6 Å². The lowest BCUT2D eigenvalue weighted by Gasteiger charge is -2.23. The molecule has 0 aromatic heterocycles. The second kappa shape index (κ2) is 6.35. The number of benzene rings is 2. The minimum absolute atomic E-state index is 0.0504. The molecule has 4 heteroatoms. The summed E-state index contributed by atoms with van der Waals surface area (Å²) >= 11 is 5.93. The van der Waals surface area contributed by atoms with Gasteiger partial charge in [0, 0.05) is 18.0 Å². The summed E-state index contributed by atoms with van der Waals surface area (Å²) in [5.41, 5.74) is 8.17. The highest BCUT2D eigenvalue weighted by atomic mass is 35.5. The van der Waals surface area contributed by atoms with E-state index in [0.29, 0.717) is 5.56 Å². The second-order valence-electron chi connectivity index (χ2n) is 4.84. The Bertz CT molecular complexity index is 586. The number of halogens is 2. The van der Waals surface area contributed by atoms with Crippen molar-refractivity contribution in [3.8, 4) is 0 Å². The van der Waals surface area contributed by atoms with Gasteiger partial charge in [0.25, 0.3) is 0 Å². The van der Waals surface area contributed by atoms with Crippen molar-refractivity contribution in [2.24, 2.45) is 5.73 Å². The quantitative estimate of drug-likeness (QED) is 0.905. The highest BCUT2D eigenvalue weighted by Crippen LogP contribution is 2.35. The van der Waals surface area contributed by atoms with E-state index in [1.54, 1.807) is 6.07 Å². The predicted octanol–water partition coefficient (Wildman–Crippen LogP) is 3.56. The third-order valence-corrected chi connectivity index (χ3v) is 3.84. The first kappa shape index (κ1) is 15.0. The van der Waals surface area contributed by atoms with E-state index >= 15 is 0 Å². The maximum absolute atomic E-state index is 13.5. The van der Waals surface area contributed by atoms with Gasteiger partial charge < -0.3 is 10.8 Å². The van der Waals surface area contributed by atoms with Crippen LogP contribution < -0.4 is 5.73 Å². The van der Waals surface area contributed by atoms with Crippen molar-refractivity contribution >= 4 is 11.6 Å². The minimum atomic E-state index is -0.939. The first-order valence-electron chi connectivity index (χ1n) is 6.43. The molecule has 0 fully saturated rings. The normalized spacial score (nSPS) is 14.1. The molecule has 0 bridgehead atoms. The SMILES string of the molecule is Cc1ccc(C(CN)C(O)c2cccc(F)c2Cl)cc1. The highest BCUT2D eigenvalue weighted by molar-refractivity contribution is 6.31. The van der Waals surface area contributed by atoms with Gasteiger partial charge >= 0.3 is 0 Å². The number of hydrogen-bond donors (Lipinski definition) is 2. The average Bonchev–Trinajstić information content (AvgIpc) is 2.44. The summed E-state index contributed by atoms with van der Waals surface area (Å²) in [5.74, 6) is -0.863. The molecule has 0 radical (unpaired) electrons. The van der Waals surface area contributed by atoms with Crippen LogP contribution in [0.5, 0.6) is 0 Å². The molecular formula is C16H17ClFNO. The van der Waals surface area contributed by atoms with E-state index < -0.39 is 11.9 Å². The van der Waals surface area contributed by atoms with Gasteiger partial charge in [0.15, 0.2) is 0 Å². The van der Waals surface area contributed by atoms with Crippen LogP contribution in [0.25, 0.3) is 0 Å². The molecule has 2 aromatic rings. The third kappa shape index (κ3) is 3.01. The summed E-state index contributed by atoms with van der Waals surface area (Å²) in [4.78, 5) is 0. The minimum Gasteiger partial charge on any atom is -0.388 e. The fraction of sp³-hybridized carbons (Fsp3) is 0.250. The van der Waals surface area contributed by atoms with Crippen LogP contribution in [0.2, 0.25) is 5.02 Å². The van der Waals surface area contributed by atoms with Crippen LogP contribution in [-0.2, 0) is 0 Å². The summed E-state index contributed by atoms with van der Waals surface area (Å²) in [6, 6.07) is 12.2. The monoisotopic (exact) mass is 293 g/mol. The fourth-order valence-electron chi connectivity index (χ4n) is 2.23. The molecule has 2 aromatic carbocycles. The zero-order valence-electron chi connectivity index (χ0n) is 11.2. The van der Waals surface area contributed by atoms with Gasteiger partial charge in [-0.15, -0.1) is 0 Å². The van der Waals surface area contributed by atoms with E-state index in [-0.39, 0.29) is 17.5 Å². The van der Waals surface area contributed by atoms with Crippen molar-refractivity contribution in [3.63, 3.8) is 0 Å². The molecular weight excluding hydrogens is 277 g/mol. The van der Waals surface area contributed by atoms with Crippen LogP contribution in [-0.4, -0.2) is 11.7 Å². The van der Waals surface area contributed by atoms with E-state index in [1.807, 2.05) is 31.2 Å². The van der Waals surface area contributed by atoms with E-state index in [0.717, 1.165) is 11.1 Å². The van der Waals surface area contributed by atoms with Crippen LogP contribution in [0.4, 0.5) is 4.39 Å². The van der Waals surface area contributed by atoms with E-state index in [4.69, 9.17) is 17.3 Å². The Morgan fingerprint density at radius 2 is 1.85 bits per heavy atom. The Labute approximate surface area is 123 Å². The third-order valence-electron chi connectivity index (χ3n) is 3.44. The lowest BCUT2D eigenvalue weighted by Crippen LogP contribution is -2.20. The number of rotatable bonds is 4. The Morgan fingerprint density at radius 3 is 2.45 bits per heavy atom. The topological polar surface area (TPSA) is 46.2 Å². The van der Waals surface area contributed by atoms with Gasteiger partial charge in [0.1, 0.15) is 5.82 Å². The average molecular weight is 294 g/mol. The Morgan fingerprint density at radius 1 is 1.20 bits per heavy atom. The first-order valence-corrected chi connectivity index (χ1v) is 6.81.